The van der Waals surface area contributed by atoms with Gasteiger partial charge in [-0.1, -0.05) is 22.0 Å². The van der Waals surface area contributed by atoms with Crippen LogP contribution in [0.2, 0.25) is 0 Å². The minimum atomic E-state index is -0.163. The van der Waals surface area contributed by atoms with Crippen LogP contribution in [0.5, 0.6) is 0 Å². The van der Waals surface area contributed by atoms with E-state index in [0.717, 1.165) is 21.4 Å². The molecule has 3 aromatic rings. The highest BCUT2D eigenvalue weighted by atomic mass is 79.9. The molecule has 0 saturated carbocycles. The van der Waals surface area contributed by atoms with Crippen molar-refractivity contribution in [2.75, 3.05) is 5.32 Å². The van der Waals surface area contributed by atoms with E-state index >= 15 is 0 Å². The molecule has 0 aliphatic heterocycles. The molecule has 0 bridgehead atoms. The van der Waals surface area contributed by atoms with Crippen molar-refractivity contribution in [2.45, 2.75) is 13.5 Å². The molecule has 1 amide bonds. The summed E-state index contributed by atoms with van der Waals surface area (Å²) in [4.78, 5) is 20.8. The molecule has 126 valence electrons. The number of nitrogens with one attached hydrogen (secondary N) is 2. The third kappa shape index (κ3) is 4.64. The lowest BCUT2D eigenvalue weighted by atomic mass is 10.2. The maximum atomic E-state index is 12.3. The van der Waals surface area contributed by atoms with Gasteiger partial charge in [0.1, 0.15) is 5.82 Å². The van der Waals surface area contributed by atoms with Crippen LogP contribution in [-0.4, -0.2) is 15.9 Å². The molecule has 0 fully saturated rings. The molecule has 2 heterocycles. The zero-order chi connectivity index (χ0) is 17.6. The monoisotopic (exact) mass is 396 g/mol. The Balaban J connectivity index is 1.69. The van der Waals surface area contributed by atoms with Gasteiger partial charge in [-0.3, -0.25) is 9.78 Å². The molecule has 0 aliphatic carbocycles. The average Bonchev–Trinajstić information content (AvgIpc) is 2.63. The second-order valence-corrected chi connectivity index (χ2v) is 6.43. The SMILES string of the molecule is Cc1cc(Br)ccc1Nc1cc(C(=O)NCc2ccccn2)ccn1. The molecule has 2 aromatic heterocycles. The summed E-state index contributed by atoms with van der Waals surface area (Å²) in [6, 6.07) is 15.0. The van der Waals surface area contributed by atoms with E-state index in [0.29, 0.717) is 17.9 Å². The predicted octanol–water partition coefficient (Wildman–Crippen LogP) is 4.22. The van der Waals surface area contributed by atoms with Gasteiger partial charge in [0, 0.05) is 28.1 Å². The summed E-state index contributed by atoms with van der Waals surface area (Å²) in [5.74, 6) is 0.458. The number of pyridine rings is 2. The number of carbonyl (C=O) groups is 1. The van der Waals surface area contributed by atoms with Gasteiger partial charge < -0.3 is 10.6 Å². The number of rotatable bonds is 5. The first-order valence-corrected chi connectivity index (χ1v) is 8.58. The first-order valence-electron chi connectivity index (χ1n) is 7.79. The Morgan fingerprint density at radius 1 is 1.08 bits per heavy atom. The maximum Gasteiger partial charge on any atom is 0.251 e. The Morgan fingerprint density at radius 3 is 2.72 bits per heavy atom. The molecule has 25 heavy (non-hydrogen) atoms. The zero-order valence-electron chi connectivity index (χ0n) is 13.7. The van der Waals surface area contributed by atoms with E-state index in [9.17, 15) is 4.79 Å². The fourth-order valence-corrected chi connectivity index (χ4v) is 2.80. The van der Waals surface area contributed by atoms with Crippen LogP contribution in [0.1, 0.15) is 21.6 Å². The summed E-state index contributed by atoms with van der Waals surface area (Å²) in [6.07, 6.45) is 3.32. The van der Waals surface area contributed by atoms with E-state index in [-0.39, 0.29) is 5.91 Å². The van der Waals surface area contributed by atoms with Gasteiger partial charge in [0.15, 0.2) is 0 Å². The maximum absolute atomic E-state index is 12.3. The van der Waals surface area contributed by atoms with Crippen molar-refractivity contribution >= 4 is 33.3 Å². The lowest BCUT2D eigenvalue weighted by molar-refractivity contribution is 0.0950. The molecule has 6 heteroatoms. The number of benzene rings is 1. The summed E-state index contributed by atoms with van der Waals surface area (Å²) in [5, 5.41) is 6.11. The van der Waals surface area contributed by atoms with Crippen LogP contribution in [0.15, 0.2) is 65.4 Å². The van der Waals surface area contributed by atoms with Gasteiger partial charge >= 0.3 is 0 Å². The summed E-state index contributed by atoms with van der Waals surface area (Å²) in [6.45, 7) is 2.40. The van der Waals surface area contributed by atoms with Crippen molar-refractivity contribution in [3.05, 3.63) is 82.2 Å². The molecular formula is C19H17BrN4O. The number of hydrogen-bond acceptors (Lipinski definition) is 4. The van der Waals surface area contributed by atoms with E-state index in [4.69, 9.17) is 0 Å². The van der Waals surface area contributed by atoms with Crippen LogP contribution >= 0.6 is 15.9 Å². The number of halogens is 1. The van der Waals surface area contributed by atoms with Gasteiger partial charge in [-0.25, -0.2) is 4.98 Å². The standard InChI is InChI=1S/C19H17BrN4O/c1-13-10-15(20)5-6-17(13)24-18-11-14(7-9-22-18)19(25)23-12-16-4-2-3-8-21-16/h2-11H,12H2,1H3,(H,22,24)(H,23,25). The molecule has 0 unspecified atom stereocenters. The normalized spacial score (nSPS) is 10.3. The molecule has 0 aliphatic rings. The van der Waals surface area contributed by atoms with Gasteiger partial charge in [0.2, 0.25) is 0 Å². The average molecular weight is 397 g/mol. The smallest absolute Gasteiger partial charge is 0.251 e. The van der Waals surface area contributed by atoms with E-state index < -0.39 is 0 Å². The van der Waals surface area contributed by atoms with Gasteiger partial charge in [0.25, 0.3) is 5.91 Å². The van der Waals surface area contributed by atoms with Crippen LogP contribution in [0, 0.1) is 6.92 Å². The molecular weight excluding hydrogens is 380 g/mol. The van der Waals surface area contributed by atoms with Crippen molar-refractivity contribution in [1.29, 1.82) is 0 Å². The van der Waals surface area contributed by atoms with Gasteiger partial charge in [-0.05, 0) is 55.0 Å². The predicted molar refractivity (Wildman–Crippen MR) is 102 cm³/mol. The van der Waals surface area contributed by atoms with Crippen LogP contribution in [0.4, 0.5) is 11.5 Å². The van der Waals surface area contributed by atoms with Crippen molar-refractivity contribution < 1.29 is 4.79 Å². The van der Waals surface area contributed by atoms with Crippen LogP contribution in [0.25, 0.3) is 0 Å². The van der Waals surface area contributed by atoms with Crippen molar-refractivity contribution in [3.8, 4) is 0 Å². The summed E-state index contributed by atoms with van der Waals surface area (Å²) in [7, 11) is 0. The molecule has 0 radical (unpaired) electrons. The molecule has 5 nitrogen and oxygen atoms in total. The third-order valence-electron chi connectivity index (χ3n) is 3.63. The number of hydrogen-bond donors (Lipinski definition) is 2. The Bertz CT molecular complexity index is 884. The molecule has 0 spiro atoms. The Labute approximate surface area is 154 Å². The van der Waals surface area contributed by atoms with E-state index in [1.807, 2.05) is 43.3 Å². The number of amides is 1. The molecule has 3 rings (SSSR count). The van der Waals surface area contributed by atoms with Gasteiger partial charge in [-0.15, -0.1) is 0 Å². The highest BCUT2D eigenvalue weighted by Gasteiger charge is 2.08. The minimum absolute atomic E-state index is 0.163. The molecule has 1 aromatic carbocycles. The van der Waals surface area contributed by atoms with Crippen LogP contribution in [0.3, 0.4) is 0 Å². The van der Waals surface area contributed by atoms with E-state index in [1.54, 1.807) is 24.5 Å². The zero-order valence-corrected chi connectivity index (χ0v) is 15.2. The fraction of sp³-hybridized carbons (Fsp3) is 0.105. The summed E-state index contributed by atoms with van der Waals surface area (Å²) >= 11 is 3.45. The number of anilines is 2. The van der Waals surface area contributed by atoms with E-state index in [1.165, 1.54) is 0 Å². The third-order valence-corrected chi connectivity index (χ3v) is 4.12. The number of carbonyl (C=O) groups excluding carboxylic acids is 1. The Morgan fingerprint density at radius 2 is 1.96 bits per heavy atom. The summed E-state index contributed by atoms with van der Waals surface area (Å²) in [5.41, 5.74) is 3.39. The number of aryl methyl sites for hydroxylation is 1. The van der Waals surface area contributed by atoms with E-state index in [2.05, 4.69) is 36.5 Å². The largest absolute Gasteiger partial charge is 0.346 e. The highest BCUT2D eigenvalue weighted by molar-refractivity contribution is 9.10. The second-order valence-electron chi connectivity index (χ2n) is 5.52. The summed E-state index contributed by atoms with van der Waals surface area (Å²) < 4.78 is 1.02. The fourth-order valence-electron chi connectivity index (χ4n) is 2.32. The molecule has 0 atom stereocenters. The lowest BCUT2D eigenvalue weighted by Gasteiger charge is -2.10. The Kier molecular flexibility index (Phi) is 5.40. The molecule has 2 N–H and O–H groups in total. The van der Waals surface area contributed by atoms with Gasteiger partial charge in [0.05, 0.1) is 12.2 Å². The minimum Gasteiger partial charge on any atom is -0.346 e. The Hall–Kier alpha value is -2.73. The number of aromatic nitrogens is 2. The van der Waals surface area contributed by atoms with Crippen LogP contribution in [-0.2, 0) is 6.54 Å². The highest BCUT2D eigenvalue weighted by Crippen LogP contribution is 2.23. The lowest BCUT2D eigenvalue weighted by Crippen LogP contribution is -2.23. The molecule has 0 saturated heterocycles. The van der Waals surface area contributed by atoms with Crippen molar-refractivity contribution in [3.63, 3.8) is 0 Å². The first kappa shape index (κ1) is 17.1. The number of nitrogens with zero attached hydrogens (tertiary/aromatic N) is 2. The van der Waals surface area contributed by atoms with Gasteiger partial charge in [-0.2, -0.15) is 0 Å². The first-order chi connectivity index (χ1) is 12.1. The quantitative estimate of drug-likeness (QED) is 0.677. The second kappa shape index (κ2) is 7.90. The van der Waals surface area contributed by atoms with Crippen molar-refractivity contribution in [2.24, 2.45) is 0 Å². The van der Waals surface area contributed by atoms with Crippen molar-refractivity contribution in [1.82, 2.24) is 15.3 Å². The topological polar surface area (TPSA) is 66.9 Å². The van der Waals surface area contributed by atoms with Crippen LogP contribution < -0.4 is 10.6 Å².